The third-order valence-electron chi connectivity index (χ3n) is 3.26. The predicted molar refractivity (Wildman–Crippen MR) is 82.1 cm³/mol. The van der Waals surface area contributed by atoms with Gasteiger partial charge in [-0.1, -0.05) is 25.5 Å². The maximum Gasteiger partial charge on any atom is 0.256 e. The van der Waals surface area contributed by atoms with Crippen LogP contribution in [0.3, 0.4) is 0 Å². The molecule has 21 heavy (non-hydrogen) atoms. The largest absolute Gasteiger partial charge is 0.436 e. The summed E-state index contributed by atoms with van der Waals surface area (Å²) in [5.74, 6) is 0.203. The molecule has 0 spiro atoms. The normalized spacial score (nSPS) is 10.6. The predicted octanol–water partition coefficient (Wildman–Crippen LogP) is 4.08. The van der Waals surface area contributed by atoms with Crippen LogP contribution in [0.25, 0.3) is 0 Å². The standard InChI is InChI=1S/C17H21FN2O/c1-3-4-5-13-6-8-15(9-7-13)21-17-16(18)14(12-19-2)10-11-20-17/h6-11,19H,3-5,12H2,1-2H3. The number of hydrogen-bond donors (Lipinski definition) is 1. The molecule has 1 heterocycles. The number of ether oxygens (including phenoxy) is 1. The van der Waals surface area contributed by atoms with Crippen LogP contribution in [0.2, 0.25) is 0 Å². The van der Waals surface area contributed by atoms with Gasteiger partial charge in [0.2, 0.25) is 0 Å². The molecule has 1 aromatic carbocycles. The fraction of sp³-hybridized carbons (Fsp3) is 0.353. The third kappa shape index (κ3) is 4.26. The van der Waals surface area contributed by atoms with Crippen molar-refractivity contribution in [1.29, 1.82) is 0 Å². The number of benzene rings is 1. The maximum absolute atomic E-state index is 14.2. The smallest absolute Gasteiger partial charge is 0.256 e. The van der Waals surface area contributed by atoms with E-state index in [1.807, 2.05) is 24.3 Å². The summed E-state index contributed by atoms with van der Waals surface area (Å²) in [6, 6.07) is 9.39. The van der Waals surface area contributed by atoms with E-state index in [-0.39, 0.29) is 5.88 Å². The molecule has 0 atom stereocenters. The second-order valence-corrected chi connectivity index (χ2v) is 4.97. The average Bonchev–Trinajstić information content (AvgIpc) is 2.51. The number of hydrogen-bond acceptors (Lipinski definition) is 3. The van der Waals surface area contributed by atoms with Gasteiger partial charge < -0.3 is 10.1 Å². The molecule has 1 aromatic heterocycles. The third-order valence-corrected chi connectivity index (χ3v) is 3.26. The molecule has 0 aliphatic rings. The van der Waals surface area contributed by atoms with Crippen LogP contribution in [0.15, 0.2) is 36.5 Å². The molecule has 2 rings (SSSR count). The summed E-state index contributed by atoms with van der Waals surface area (Å²) in [4.78, 5) is 3.96. The lowest BCUT2D eigenvalue weighted by Gasteiger charge is -2.09. The minimum Gasteiger partial charge on any atom is -0.436 e. The second-order valence-electron chi connectivity index (χ2n) is 4.97. The monoisotopic (exact) mass is 288 g/mol. The number of halogens is 1. The van der Waals surface area contributed by atoms with Crippen molar-refractivity contribution in [1.82, 2.24) is 10.3 Å². The number of unbranched alkanes of at least 4 members (excludes halogenated alkanes) is 1. The molecule has 4 heteroatoms. The Bertz CT molecular complexity index is 570. The van der Waals surface area contributed by atoms with Crippen molar-refractivity contribution in [3.63, 3.8) is 0 Å². The number of aryl methyl sites for hydroxylation is 1. The fourth-order valence-electron chi connectivity index (χ4n) is 2.08. The molecular formula is C17H21FN2O. The van der Waals surface area contributed by atoms with Crippen LogP contribution in [0, 0.1) is 5.82 Å². The van der Waals surface area contributed by atoms with Crippen molar-refractivity contribution >= 4 is 0 Å². The highest BCUT2D eigenvalue weighted by molar-refractivity contribution is 5.32. The molecule has 0 radical (unpaired) electrons. The van der Waals surface area contributed by atoms with Crippen LogP contribution in [0.5, 0.6) is 11.6 Å². The molecule has 2 aromatic rings. The molecule has 3 nitrogen and oxygen atoms in total. The van der Waals surface area contributed by atoms with E-state index in [0.29, 0.717) is 17.9 Å². The van der Waals surface area contributed by atoms with E-state index in [4.69, 9.17) is 4.74 Å². The zero-order chi connectivity index (χ0) is 15.1. The molecule has 1 N–H and O–H groups in total. The first-order valence-corrected chi connectivity index (χ1v) is 7.29. The van der Waals surface area contributed by atoms with Crippen molar-refractivity contribution in [2.45, 2.75) is 32.7 Å². The highest BCUT2D eigenvalue weighted by Gasteiger charge is 2.11. The molecular weight excluding hydrogens is 267 g/mol. The van der Waals surface area contributed by atoms with Gasteiger partial charge in [-0.25, -0.2) is 9.37 Å². The van der Waals surface area contributed by atoms with Gasteiger partial charge in [0, 0.05) is 18.3 Å². The first-order chi connectivity index (χ1) is 10.2. The Balaban J connectivity index is 2.09. The summed E-state index contributed by atoms with van der Waals surface area (Å²) in [6.45, 7) is 2.62. The Kier molecular flexibility index (Phi) is 5.69. The number of nitrogens with zero attached hydrogens (tertiary/aromatic N) is 1. The summed E-state index contributed by atoms with van der Waals surface area (Å²) >= 11 is 0. The van der Waals surface area contributed by atoms with E-state index in [0.717, 1.165) is 6.42 Å². The minimum absolute atomic E-state index is 0.0176. The summed E-state index contributed by atoms with van der Waals surface area (Å²) in [6.07, 6.45) is 4.95. The van der Waals surface area contributed by atoms with Crippen LogP contribution in [0.1, 0.15) is 30.9 Å². The van der Waals surface area contributed by atoms with Crippen molar-refractivity contribution in [2.24, 2.45) is 0 Å². The van der Waals surface area contributed by atoms with Gasteiger partial charge in [-0.05, 0) is 43.7 Å². The molecule has 0 unspecified atom stereocenters. The minimum atomic E-state index is -0.415. The highest BCUT2D eigenvalue weighted by atomic mass is 19.1. The van der Waals surface area contributed by atoms with Crippen LogP contribution in [-0.4, -0.2) is 12.0 Å². The van der Waals surface area contributed by atoms with E-state index in [1.165, 1.54) is 18.4 Å². The Morgan fingerprint density at radius 1 is 1.19 bits per heavy atom. The zero-order valence-corrected chi connectivity index (χ0v) is 12.5. The highest BCUT2D eigenvalue weighted by Crippen LogP contribution is 2.24. The summed E-state index contributed by atoms with van der Waals surface area (Å²) in [7, 11) is 1.77. The Labute approximate surface area is 125 Å². The van der Waals surface area contributed by atoms with Crippen LogP contribution in [0.4, 0.5) is 4.39 Å². The van der Waals surface area contributed by atoms with Gasteiger partial charge in [-0.15, -0.1) is 0 Å². The van der Waals surface area contributed by atoms with Gasteiger partial charge >= 0.3 is 0 Å². The van der Waals surface area contributed by atoms with Gasteiger partial charge in [0.25, 0.3) is 5.88 Å². The van der Waals surface area contributed by atoms with Gasteiger partial charge in [0.1, 0.15) is 5.75 Å². The summed E-state index contributed by atoms with van der Waals surface area (Å²) in [5.41, 5.74) is 1.81. The van der Waals surface area contributed by atoms with Gasteiger partial charge in [-0.3, -0.25) is 0 Å². The summed E-state index contributed by atoms with van der Waals surface area (Å²) in [5, 5.41) is 2.92. The molecule has 0 bridgehead atoms. The lowest BCUT2D eigenvalue weighted by atomic mass is 10.1. The quantitative estimate of drug-likeness (QED) is 0.833. The van der Waals surface area contributed by atoms with Crippen LogP contribution < -0.4 is 10.1 Å². The van der Waals surface area contributed by atoms with E-state index in [1.54, 1.807) is 19.3 Å². The first-order valence-electron chi connectivity index (χ1n) is 7.29. The van der Waals surface area contributed by atoms with Crippen molar-refractivity contribution in [2.75, 3.05) is 7.05 Å². The van der Waals surface area contributed by atoms with E-state index in [9.17, 15) is 4.39 Å². The SMILES string of the molecule is CCCCc1ccc(Oc2nccc(CNC)c2F)cc1. The molecule has 0 fully saturated rings. The number of nitrogens with one attached hydrogen (secondary N) is 1. The number of pyridine rings is 1. The second kappa shape index (κ2) is 7.74. The molecule has 0 aliphatic heterocycles. The first kappa shape index (κ1) is 15.4. The molecule has 0 amide bonds. The van der Waals surface area contributed by atoms with Gasteiger partial charge in [-0.2, -0.15) is 0 Å². The maximum atomic E-state index is 14.2. The fourth-order valence-corrected chi connectivity index (χ4v) is 2.08. The van der Waals surface area contributed by atoms with Crippen LogP contribution >= 0.6 is 0 Å². The lowest BCUT2D eigenvalue weighted by Crippen LogP contribution is -2.08. The van der Waals surface area contributed by atoms with E-state index in [2.05, 4.69) is 17.2 Å². The number of aromatic nitrogens is 1. The zero-order valence-electron chi connectivity index (χ0n) is 12.5. The summed E-state index contributed by atoms with van der Waals surface area (Å²) < 4.78 is 19.7. The average molecular weight is 288 g/mol. The van der Waals surface area contributed by atoms with Crippen LogP contribution in [-0.2, 0) is 13.0 Å². The van der Waals surface area contributed by atoms with E-state index < -0.39 is 5.82 Å². The molecule has 0 saturated heterocycles. The molecule has 0 saturated carbocycles. The van der Waals surface area contributed by atoms with Gasteiger partial charge in [0.15, 0.2) is 5.82 Å². The van der Waals surface area contributed by atoms with Gasteiger partial charge in [0.05, 0.1) is 0 Å². The molecule has 112 valence electrons. The topological polar surface area (TPSA) is 34.1 Å². The number of rotatable bonds is 7. The van der Waals surface area contributed by atoms with E-state index >= 15 is 0 Å². The van der Waals surface area contributed by atoms with Crippen molar-refractivity contribution in [3.8, 4) is 11.6 Å². The Morgan fingerprint density at radius 3 is 2.62 bits per heavy atom. The van der Waals surface area contributed by atoms with Crippen molar-refractivity contribution < 1.29 is 9.13 Å². The lowest BCUT2D eigenvalue weighted by molar-refractivity contribution is 0.418. The molecule has 0 aliphatic carbocycles. The Hall–Kier alpha value is -1.94. The Morgan fingerprint density at radius 2 is 1.95 bits per heavy atom. The van der Waals surface area contributed by atoms with Crippen molar-refractivity contribution in [3.05, 3.63) is 53.5 Å².